The van der Waals surface area contributed by atoms with E-state index in [0.717, 1.165) is 27.9 Å². The van der Waals surface area contributed by atoms with E-state index in [1.54, 1.807) is 6.20 Å². The Labute approximate surface area is 142 Å². The van der Waals surface area contributed by atoms with Gasteiger partial charge in [-0.05, 0) is 18.1 Å². The molecule has 2 heterocycles. The molecule has 7 heteroatoms. The number of benzene rings is 1. The molecule has 0 aliphatic heterocycles. The van der Waals surface area contributed by atoms with Crippen LogP contribution in [0.4, 0.5) is 0 Å². The zero-order valence-corrected chi connectivity index (χ0v) is 13.9. The van der Waals surface area contributed by atoms with E-state index in [2.05, 4.69) is 15.3 Å². The minimum atomic E-state index is -1.06. The fourth-order valence-corrected chi connectivity index (χ4v) is 3.29. The van der Waals surface area contributed by atoms with E-state index in [-0.39, 0.29) is 6.42 Å². The molecule has 3 N–H and O–H groups in total. The molecule has 6 nitrogen and oxygen atoms in total. The summed E-state index contributed by atoms with van der Waals surface area (Å²) in [4.78, 5) is 31.5. The summed E-state index contributed by atoms with van der Waals surface area (Å²) in [5.74, 6) is -1.46. The summed E-state index contributed by atoms with van der Waals surface area (Å²) < 4.78 is 0. The van der Waals surface area contributed by atoms with Gasteiger partial charge in [-0.1, -0.05) is 25.1 Å². The number of aromatic nitrogens is 2. The van der Waals surface area contributed by atoms with Gasteiger partial charge in [-0.25, -0.2) is 9.78 Å². The number of H-pyrrole nitrogens is 1. The van der Waals surface area contributed by atoms with Crippen molar-refractivity contribution in [2.24, 2.45) is 0 Å². The number of nitrogens with zero attached hydrogens (tertiary/aromatic N) is 1. The first-order valence-electron chi connectivity index (χ1n) is 7.62. The number of carboxylic acids is 1. The number of hydrogen-bond donors (Lipinski definition) is 3. The highest BCUT2D eigenvalue weighted by Crippen LogP contribution is 2.20. The Morgan fingerprint density at radius 2 is 2.17 bits per heavy atom. The summed E-state index contributed by atoms with van der Waals surface area (Å²) in [6.07, 6.45) is 4.23. The summed E-state index contributed by atoms with van der Waals surface area (Å²) in [5, 5.41) is 13.9. The highest BCUT2D eigenvalue weighted by Gasteiger charge is 2.23. The molecule has 0 spiro atoms. The van der Waals surface area contributed by atoms with E-state index in [9.17, 15) is 14.7 Å². The van der Waals surface area contributed by atoms with Crippen molar-refractivity contribution in [3.8, 4) is 0 Å². The molecule has 1 unspecified atom stereocenters. The van der Waals surface area contributed by atoms with Crippen LogP contribution in [0.3, 0.4) is 0 Å². The van der Waals surface area contributed by atoms with Gasteiger partial charge in [-0.2, -0.15) is 0 Å². The maximum atomic E-state index is 12.3. The number of thiazole rings is 1. The highest BCUT2D eigenvalue weighted by molar-refractivity contribution is 7.13. The predicted octanol–water partition coefficient (Wildman–Crippen LogP) is 2.61. The quantitative estimate of drug-likeness (QED) is 0.641. The zero-order valence-electron chi connectivity index (χ0n) is 13.1. The molecule has 1 aromatic carbocycles. The Bertz CT molecular complexity index is 884. The van der Waals surface area contributed by atoms with E-state index in [0.29, 0.717) is 4.88 Å². The summed E-state index contributed by atoms with van der Waals surface area (Å²) in [7, 11) is 0. The van der Waals surface area contributed by atoms with Gasteiger partial charge >= 0.3 is 5.97 Å². The van der Waals surface area contributed by atoms with Crippen LogP contribution in [0.1, 0.15) is 27.2 Å². The second-order valence-corrected chi connectivity index (χ2v) is 6.51. The predicted molar refractivity (Wildman–Crippen MR) is 92.4 cm³/mol. The van der Waals surface area contributed by atoms with Gasteiger partial charge < -0.3 is 15.4 Å². The van der Waals surface area contributed by atoms with Gasteiger partial charge in [0, 0.05) is 23.5 Å². The van der Waals surface area contributed by atoms with Gasteiger partial charge in [-0.15, -0.1) is 11.3 Å². The molecular weight excluding hydrogens is 326 g/mol. The summed E-state index contributed by atoms with van der Waals surface area (Å²) in [6, 6.07) is 6.67. The number of fused-ring (bicyclic) bond motifs is 1. The van der Waals surface area contributed by atoms with E-state index >= 15 is 0 Å². The summed E-state index contributed by atoms with van der Waals surface area (Å²) in [5.41, 5.74) is 1.80. The molecule has 0 aliphatic rings. The van der Waals surface area contributed by atoms with Crippen LogP contribution in [-0.2, 0) is 17.6 Å². The average Bonchev–Trinajstić information content (AvgIpc) is 3.21. The molecule has 3 aromatic rings. The van der Waals surface area contributed by atoms with Crippen LogP contribution in [0.25, 0.3) is 10.9 Å². The molecule has 124 valence electrons. The van der Waals surface area contributed by atoms with Gasteiger partial charge in [-0.3, -0.25) is 4.79 Å². The van der Waals surface area contributed by atoms with Gasteiger partial charge in [0.25, 0.3) is 5.91 Å². The summed E-state index contributed by atoms with van der Waals surface area (Å²) >= 11 is 1.28. The third-order valence-electron chi connectivity index (χ3n) is 3.78. The van der Waals surface area contributed by atoms with Crippen molar-refractivity contribution in [2.45, 2.75) is 25.8 Å². The van der Waals surface area contributed by atoms with Crippen LogP contribution in [0, 0.1) is 0 Å². The monoisotopic (exact) mass is 343 g/mol. The number of para-hydroxylation sites is 1. The Hall–Kier alpha value is -2.67. The molecule has 0 bridgehead atoms. The Morgan fingerprint density at radius 3 is 2.88 bits per heavy atom. The second-order valence-electron chi connectivity index (χ2n) is 5.40. The molecule has 1 atom stereocenters. The minimum absolute atomic E-state index is 0.213. The van der Waals surface area contributed by atoms with Crippen molar-refractivity contribution in [1.29, 1.82) is 0 Å². The molecular formula is C17H17N3O3S. The van der Waals surface area contributed by atoms with E-state index in [1.165, 1.54) is 17.5 Å². The molecule has 1 amide bonds. The standard InChI is InChI=1S/C17H17N3O3S/c1-2-15-19-9-14(24-15)16(21)20-13(17(22)23)7-10-8-18-12-6-4-3-5-11(10)12/h3-6,8-9,13,18H,2,7H2,1H3,(H,20,21)(H,22,23). The second kappa shape index (κ2) is 6.84. The number of amides is 1. The first kappa shape index (κ1) is 16.2. The number of aromatic amines is 1. The fraction of sp³-hybridized carbons (Fsp3) is 0.235. The molecule has 0 aliphatic carbocycles. The van der Waals surface area contributed by atoms with E-state index in [4.69, 9.17) is 0 Å². The molecule has 0 saturated heterocycles. The number of carboxylic acid groups (broad SMARTS) is 1. The van der Waals surface area contributed by atoms with Crippen molar-refractivity contribution in [2.75, 3.05) is 0 Å². The lowest BCUT2D eigenvalue weighted by molar-refractivity contribution is -0.139. The molecule has 3 rings (SSSR count). The number of nitrogens with one attached hydrogen (secondary N) is 2. The third kappa shape index (κ3) is 3.30. The maximum Gasteiger partial charge on any atom is 0.326 e. The number of aliphatic carboxylic acids is 1. The van der Waals surface area contributed by atoms with Crippen molar-refractivity contribution in [3.05, 3.63) is 52.1 Å². The van der Waals surface area contributed by atoms with Crippen LogP contribution in [0.15, 0.2) is 36.7 Å². The van der Waals surface area contributed by atoms with E-state index < -0.39 is 17.9 Å². The van der Waals surface area contributed by atoms with Crippen molar-refractivity contribution >= 4 is 34.1 Å². The topological polar surface area (TPSA) is 95.1 Å². The highest BCUT2D eigenvalue weighted by atomic mass is 32.1. The van der Waals surface area contributed by atoms with Gasteiger partial charge in [0.15, 0.2) is 0 Å². The third-order valence-corrected chi connectivity index (χ3v) is 4.92. The maximum absolute atomic E-state index is 12.3. The number of carbonyl (C=O) groups is 2. The van der Waals surface area contributed by atoms with Crippen LogP contribution >= 0.6 is 11.3 Å². The van der Waals surface area contributed by atoms with Crippen molar-refractivity contribution in [3.63, 3.8) is 0 Å². The lowest BCUT2D eigenvalue weighted by Gasteiger charge is -2.13. The lowest BCUT2D eigenvalue weighted by atomic mass is 10.0. The Balaban J connectivity index is 1.77. The number of aryl methyl sites for hydroxylation is 1. The number of carbonyl (C=O) groups excluding carboxylic acids is 1. The molecule has 2 aromatic heterocycles. The molecule has 0 saturated carbocycles. The first-order valence-corrected chi connectivity index (χ1v) is 8.43. The van der Waals surface area contributed by atoms with Crippen LogP contribution < -0.4 is 5.32 Å². The fourth-order valence-electron chi connectivity index (χ4n) is 2.53. The zero-order chi connectivity index (χ0) is 17.1. The molecule has 0 radical (unpaired) electrons. The van der Waals surface area contributed by atoms with Crippen LogP contribution in [0.2, 0.25) is 0 Å². The van der Waals surface area contributed by atoms with Crippen molar-refractivity contribution < 1.29 is 14.7 Å². The normalized spacial score (nSPS) is 12.2. The lowest BCUT2D eigenvalue weighted by Crippen LogP contribution is -2.42. The van der Waals surface area contributed by atoms with Crippen molar-refractivity contribution in [1.82, 2.24) is 15.3 Å². The van der Waals surface area contributed by atoms with Crippen LogP contribution in [0.5, 0.6) is 0 Å². The van der Waals surface area contributed by atoms with Gasteiger partial charge in [0.05, 0.1) is 11.2 Å². The van der Waals surface area contributed by atoms with Gasteiger partial charge in [0.1, 0.15) is 10.9 Å². The van der Waals surface area contributed by atoms with E-state index in [1.807, 2.05) is 31.2 Å². The first-order chi connectivity index (χ1) is 11.6. The molecule has 24 heavy (non-hydrogen) atoms. The van der Waals surface area contributed by atoms with Gasteiger partial charge in [0.2, 0.25) is 0 Å². The minimum Gasteiger partial charge on any atom is -0.480 e. The number of rotatable bonds is 6. The van der Waals surface area contributed by atoms with Crippen LogP contribution in [-0.4, -0.2) is 33.0 Å². The molecule has 0 fully saturated rings. The largest absolute Gasteiger partial charge is 0.480 e. The average molecular weight is 343 g/mol. The Kier molecular flexibility index (Phi) is 4.61. The Morgan fingerprint density at radius 1 is 1.38 bits per heavy atom. The SMILES string of the molecule is CCc1ncc(C(=O)NC(Cc2c[nH]c3ccccc23)C(=O)O)s1. The summed E-state index contributed by atoms with van der Waals surface area (Å²) in [6.45, 7) is 1.96. The smallest absolute Gasteiger partial charge is 0.326 e. The number of hydrogen-bond acceptors (Lipinski definition) is 4.